The molecule has 0 aliphatic rings. The van der Waals surface area contributed by atoms with Gasteiger partial charge in [0.05, 0.1) is 19.6 Å². The number of benzene rings is 6. The summed E-state index contributed by atoms with van der Waals surface area (Å²) < 4.78 is 74.8. The number of esters is 2. The Hall–Kier alpha value is -6.24. The minimum absolute atomic E-state index is 0.0265. The molecule has 0 aromatic heterocycles. The first kappa shape index (κ1) is 39.5. The van der Waals surface area contributed by atoms with Crippen molar-refractivity contribution >= 4 is 31.6 Å². The number of carbonyl (C=O) groups is 2. The molecule has 6 aromatic carbocycles. The van der Waals surface area contributed by atoms with Gasteiger partial charge >= 0.3 is 11.9 Å². The molecule has 0 spiro atoms. The molecule has 0 unspecified atom stereocenters. The first-order valence-electron chi connectivity index (χ1n) is 17.7. The molecule has 10 nitrogen and oxygen atoms in total. The highest BCUT2D eigenvalue weighted by Gasteiger charge is 2.20. The second-order valence-corrected chi connectivity index (χ2v) is 16.5. The Balaban J connectivity index is 0.903. The van der Waals surface area contributed by atoms with Crippen LogP contribution in [0, 0.1) is 0 Å². The zero-order valence-corrected chi connectivity index (χ0v) is 31.8. The molecule has 0 aliphatic carbocycles. The average molecular weight is 791 g/mol. The van der Waals surface area contributed by atoms with Crippen LogP contribution in [0.4, 0.5) is 0 Å². The Morgan fingerprint density at radius 3 is 0.964 bits per heavy atom. The molecular formula is C44H38O10S2. The van der Waals surface area contributed by atoms with Crippen LogP contribution in [0.5, 0.6) is 23.0 Å². The third-order valence-electron chi connectivity index (χ3n) is 8.51. The molecule has 0 atom stereocenters. The van der Waals surface area contributed by atoms with E-state index < -0.39 is 31.6 Å². The van der Waals surface area contributed by atoms with Gasteiger partial charge < -0.3 is 18.9 Å². The van der Waals surface area contributed by atoms with Crippen LogP contribution in [-0.2, 0) is 42.5 Å². The molecule has 0 aliphatic heterocycles. The lowest BCUT2D eigenvalue weighted by molar-refractivity contribution is -0.136. The van der Waals surface area contributed by atoms with E-state index in [0.29, 0.717) is 37.6 Å². The van der Waals surface area contributed by atoms with E-state index in [1.165, 1.54) is 72.8 Å². The van der Waals surface area contributed by atoms with Crippen LogP contribution in [0.3, 0.4) is 0 Å². The van der Waals surface area contributed by atoms with Gasteiger partial charge in [0.1, 0.15) is 36.2 Å². The molecule has 0 heterocycles. The molecule has 0 radical (unpaired) electrons. The van der Waals surface area contributed by atoms with Gasteiger partial charge in [-0.15, -0.1) is 0 Å². The fraction of sp³-hybridized carbons (Fsp3) is 0.136. The molecular weight excluding hydrogens is 753 g/mol. The third kappa shape index (κ3) is 10.7. The molecule has 56 heavy (non-hydrogen) atoms. The van der Waals surface area contributed by atoms with E-state index >= 15 is 0 Å². The van der Waals surface area contributed by atoms with E-state index in [1.807, 2.05) is 60.7 Å². The maximum Gasteiger partial charge on any atom is 0.311 e. The number of sulfone groups is 2. The normalized spacial score (nSPS) is 11.4. The van der Waals surface area contributed by atoms with Crippen molar-refractivity contribution in [2.75, 3.05) is 0 Å². The smallest absolute Gasteiger partial charge is 0.311 e. The van der Waals surface area contributed by atoms with Gasteiger partial charge in [0.25, 0.3) is 0 Å². The zero-order valence-electron chi connectivity index (χ0n) is 30.2. The highest BCUT2D eigenvalue weighted by atomic mass is 32.2. The molecule has 6 rings (SSSR count). The number of carbonyl (C=O) groups excluding carboxylic acids is 2. The summed E-state index contributed by atoms with van der Waals surface area (Å²) in [6, 6.07) is 42.7. The standard InChI is InChI=1S/C44H38O10S2/c45-43(53-37-19-27-41(28-20-37)55(47,48)39-23-15-35(16-24-39)51-31-33-9-3-1-4-10-33)13-7-8-14-44(46)54-38-21-29-42(30-22-38)56(49,50)40-25-17-36(18-26-40)52-32-34-11-5-2-6-12-34/h1-6,9-12,15-30H,7-8,13-14,31-32H2. The minimum Gasteiger partial charge on any atom is -0.489 e. The van der Waals surface area contributed by atoms with Gasteiger partial charge in [-0.3, -0.25) is 9.59 Å². The monoisotopic (exact) mass is 790 g/mol. The molecule has 0 N–H and O–H groups in total. The van der Waals surface area contributed by atoms with E-state index in [2.05, 4.69) is 0 Å². The number of rotatable bonds is 17. The molecule has 0 amide bonds. The quantitative estimate of drug-likeness (QED) is 0.0502. The Morgan fingerprint density at radius 1 is 0.375 bits per heavy atom. The topological polar surface area (TPSA) is 139 Å². The van der Waals surface area contributed by atoms with Crippen LogP contribution < -0.4 is 18.9 Å². The minimum atomic E-state index is -3.82. The van der Waals surface area contributed by atoms with Crippen molar-refractivity contribution in [1.82, 2.24) is 0 Å². The fourth-order valence-corrected chi connectivity index (χ4v) is 7.98. The summed E-state index contributed by atoms with van der Waals surface area (Å²) in [4.78, 5) is 25.1. The lowest BCUT2D eigenvalue weighted by atomic mass is 10.2. The van der Waals surface area contributed by atoms with Gasteiger partial charge in [-0.2, -0.15) is 0 Å². The lowest BCUT2D eigenvalue weighted by Gasteiger charge is -2.09. The maximum atomic E-state index is 13.2. The van der Waals surface area contributed by atoms with E-state index in [-0.39, 0.29) is 43.9 Å². The van der Waals surface area contributed by atoms with Crippen LogP contribution >= 0.6 is 0 Å². The van der Waals surface area contributed by atoms with Crippen molar-refractivity contribution in [2.45, 2.75) is 58.5 Å². The first-order chi connectivity index (χ1) is 27.1. The van der Waals surface area contributed by atoms with Crippen molar-refractivity contribution in [3.05, 3.63) is 169 Å². The lowest BCUT2D eigenvalue weighted by Crippen LogP contribution is -2.10. The molecule has 286 valence electrons. The number of unbranched alkanes of at least 4 members (excludes halogenated alkanes) is 1. The van der Waals surface area contributed by atoms with Crippen molar-refractivity contribution in [1.29, 1.82) is 0 Å². The fourth-order valence-electron chi connectivity index (χ4n) is 5.46. The van der Waals surface area contributed by atoms with Gasteiger partial charge in [0.15, 0.2) is 0 Å². The van der Waals surface area contributed by atoms with Crippen molar-refractivity contribution < 1.29 is 45.4 Å². The Bertz CT molecular complexity index is 2260. The summed E-state index contributed by atoms with van der Waals surface area (Å²) in [5.41, 5.74) is 1.99. The predicted octanol–water partition coefficient (Wildman–Crippen LogP) is 8.58. The Morgan fingerprint density at radius 2 is 0.661 bits per heavy atom. The largest absolute Gasteiger partial charge is 0.489 e. The predicted molar refractivity (Wildman–Crippen MR) is 208 cm³/mol. The van der Waals surface area contributed by atoms with E-state index in [1.54, 1.807) is 24.3 Å². The molecule has 0 saturated heterocycles. The summed E-state index contributed by atoms with van der Waals surface area (Å²) in [5, 5.41) is 0. The second-order valence-electron chi connectivity index (χ2n) is 12.6. The van der Waals surface area contributed by atoms with Gasteiger partial charge in [0.2, 0.25) is 19.7 Å². The molecule has 12 heteroatoms. The second kappa shape index (κ2) is 18.4. The number of hydrogen-bond donors (Lipinski definition) is 0. The molecule has 0 bridgehead atoms. The van der Waals surface area contributed by atoms with Crippen LogP contribution in [0.2, 0.25) is 0 Å². The number of ether oxygens (including phenoxy) is 4. The highest BCUT2D eigenvalue weighted by molar-refractivity contribution is 7.91. The van der Waals surface area contributed by atoms with E-state index in [0.717, 1.165) is 11.1 Å². The van der Waals surface area contributed by atoms with Crippen molar-refractivity contribution in [2.24, 2.45) is 0 Å². The molecule has 6 aromatic rings. The summed E-state index contributed by atoms with van der Waals surface area (Å²) >= 11 is 0. The average Bonchev–Trinajstić information content (AvgIpc) is 3.22. The molecule has 0 fully saturated rings. The van der Waals surface area contributed by atoms with Gasteiger partial charge in [0, 0.05) is 12.8 Å². The van der Waals surface area contributed by atoms with Gasteiger partial charge in [-0.05, 0) is 121 Å². The SMILES string of the molecule is O=C(CCCCC(=O)Oc1ccc(S(=O)(=O)c2ccc(OCc3ccccc3)cc2)cc1)Oc1ccc(S(=O)(=O)c2ccc(OCc3ccccc3)cc2)cc1. The van der Waals surface area contributed by atoms with Crippen molar-refractivity contribution in [3.8, 4) is 23.0 Å². The van der Waals surface area contributed by atoms with Crippen LogP contribution in [0.1, 0.15) is 36.8 Å². The summed E-state index contributed by atoms with van der Waals surface area (Å²) in [5.74, 6) is 0.383. The van der Waals surface area contributed by atoms with Crippen LogP contribution in [-0.4, -0.2) is 28.8 Å². The third-order valence-corrected chi connectivity index (χ3v) is 12.1. The van der Waals surface area contributed by atoms with Gasteiger partial charge in [-0.25, -0.2) is 16.8 Å². The molecule has 0 saturated carbocycles. The summed E-state index contributed by atoms with van der Waals surface area (Å²) in [6.07, 6.45) is 0.745. The maximum absolute atomic E-state index is 13.2. The van der Waals surface area contributed by atoms with Crippen molar-refractivity contribution in [3.63, 3.8) is 0 Å². The van der Waals surface area contributed by atoms with Gasteiger partial charge in [-0.1, -0.05) is 60.7 Å². The Labute approximate surface area is 326 Å². The highest BCUT2D eigenvalue weighted by Crippen LogP contribution is 2.27. The first-order valence-corrected chi connectivity index (χ1v) is 20.7. The van der Waals surface area contributed by atoms with Crippen LogP contribution in [0.25, 0.3) is 0 Å². The number of hydrogen-bond acceptors (Lipinski definition) is 10. The van der Waals surface area contributed by atoms with E-state index in [4.69, 9.17) is 18.9 Å². The summed E-state index contributed by atoms with van der Waals surface area (Å²) in [7, 11) is -7.63. The zero-order chi connectivity index (χ0) is 39.4. The summed E-state index contributed by atoms with van der Waals surface area (Å²) in [6.45, 7) is 0.717. The Kier molecular flexibility index (Phi) is 13.0. The van der Waals surface area contributed by atoms with E-state index in [9.17, 15) is 26.4 Å². The van der Waals surface area contributed by atoms with Crippen LogP contribution in [0.15, 0.2) is 177 Å².